The Kier molecular flexibility index (Phi) is 4.28. The maximum Gasteiger partial charge on any atom is 0.319 e. The number of carbonyl (C=O) groups is 2. The van der Waals surface area contributed by atoms with Crippen molar-refractivity contribution >= 4 is 29.4 Å². The molecule has 0 radical (unpaired) electrons. The highest BCUT2D eigenvalue weighted by molar-refractivity contribution is 6.30. The highest BCUT2D eigenvalue weighted by Gasteiger charge is 2.45. The summed E-state index contributed by atoms with van der Waals surface area (Å²) in [5, 5.41) is 12.0. The largest absolute Gasteiger partial charge is 0.334 e. The molecule has 2 aromatic carbocycles. The van der Waals surface area contributed by atoms with E-state index in [1.54, 1.807) is 6.07 Å². The molecule has 0 bridgehead atoms. The Bertz CT molecular complexity index is 959. The molecule has 2 aromatic rings. The summed E-state index contributed by atoms with van der Waals surface area (Å²) in [6.45, 7) is 4.36. The van der Waals surface area contributed by atoms with Gasteiger partial charge in [0.2, 0.25) is 0 Å². The Balaban J connectivity index is 1.40. The summed E-state index contributed by atoms with van der Waals surface area (Å²) in [5.74, 6) is 0. The van der Waals surface area contributed by atoms with Crippen LogP contribution in [0.1, 0.15) is 16.7 Å². The first-order valence-electron chi connectivity index (χ1n) is 8.63. The first-order valence-corrected chi connectivity index (χ1v) is 9.01. The van der Waals surface area contributed by atoms with Crippen LogP contribution in [-0.4, -0.2) is 17.6 Å². The zero-order valence-corrected chi connectivity index (χ0v) is 15.3. The Morgan fingerprint density at radius 3 is 2.74 bits per heavy atom. The maximum absolute atomic E-state index is 12.2. The van der Waals surface area contributed by atoms with Gasteiger partial charge in [0.15, 0.2) is 0 Å². The summed E-state index contributed by atoms with van der Waals surface area (Å²) in [6.07, 6.45) is 1.35. The van der Waals surface area contributed by atoms with Crippen molar-refractivity contribution in [1.29, 1.82) is 0 Å². The van der Waals surface area contributed by atoms with Gasteiger partial charge in [0, 0.05) is 35.8 Å². The number of hydrogen-bond donors (Lipinski definition) is 4. The molecule has 6 nitrogen and oxygen atoms in total. The normalized spacial score (nSPS) is 20.2. The minimum atomic E-state index is -0.465. The van der Waals surface area contributed by atoms with E-state index in [1.165, 1.54) is 0 Å². The molecule has 138 valence electrons. The summed E-state index contributed by atoms with van der Waals surface area (Å²) in [6, 6.07) is 12.6. The molecular weight excluding hydrogens is 364 g/mol. The molecule has 1 saturated heterocycles. The van der Waals surface area contributed by atoms with E-state index in [4.69, 9.17) is 11.6 Å². The number of amides is 4. The van der Waals surface area contributed by atoms with Gasteiger partial charge < -0.3 is 21.3 Å². The van der Waals surface area contributed by atoms with Crippen molar-refractivity contribution in [1.82, 2.24) is 16.0 Å². The predicted octanol–water partition coefficient (Wildman–Crippen LogP) is 3.33. The Morgan fingerprint density at radius 1 is 1.19 bits per heavy atom. The lowest BCUT2D eigenvalue weighted by Gasteiger charge is -2.22. The molecule has 4 N–H and O–H groups in total. The average Bonchev–Trinajstić information content (AvgIpc) is 3.11. The molecule has 4 amide bonds. The highest BCUT2D eigenvalue weighted by atomic mass is 35.5. The molecule has 4 rings (SSSR count). The summed E-state index contributed by atoms with van der Waals surface area (Å²) in [4.78, 5) is 23.8. The number of rotatable bonds is 3. The van der Waals surface area contributed by atoms with Gasteiger partial charge in [-0.3, -0.25) is 0 Å². The van der Waals surface area contributed by atoms with Crippen LogP contribution in [0.4, 0.5) is 15.3 Å². The lowest BCUT2D eigenvalue weighted by molar-refractivity contribution is 0.244. The maximum atomic E-state index is 12.2. The van der Waals surface area contributed by atoms with Gasteiger partial charge in [-0.1, -0.05) is 36.4 Å². The van der Waals surface area contributed by atoms with Crippen molar-refractivity contribution in [3.05, 3.63) is 76.5 Å². The van der Waals surface area contributed by atoms with E-state index < -0.39 is 5.54 Å². The third-order valence-electron chi connectivity index (χ3n) is 4.99. The number of benzene rings is 2. The quantitative estimate of drug-likeness (QED) is 0.656. The van der Waals surface area contributed by atoms with Crippen molar-refractivity contribution in [3.63, 3.8) is 0 Å². The van der Waals surface area contributed by atoms with Crippen LogP contribution in [-0.2, 0) is 19.4 Å². The van der Waals surface area contributed by atoms with E-state index >= 15 is 0 Å². The zero-order chi connectivity index (χ0) is 19.0. The lowest BCUT2D eigenvalue weighted by atomic mass is 9.94. The van der Waals surface area contributed by atoms with E-state index in [2.05, 4.69) is 27.8 Å². The van der Waals surface area contributed by atoms with Crippen LogP contribution in [0.15, 0.2) is 54.7 Å². The molecule has 1 aliphatic heterocycles. The number of carbonyl (C=O) groups excluding carboxylic acids is 2. The fourth-order valence-electron chi connectivity index (χ4n) is 3.64. The zero-order valence-electron chi connectivity index (χ0n) is 14.6. The third kappa shape index (κ3) is 3.48. The first-order chi connectivity index (χ1) is 12.9. The monoisotopic (exact) mass is 382 g/mol. The van der Waals surface area contributed by atoms with E-state index in [1.807, 2.05) is 36.4 Å². The summed E-state index contributed by atoms with van der Waals surface area (Å²) in [5.41, 5.74) is 4.09. The standard InChI is InChI=1S/C20H19ClN4O2/c1-12-20(25-19(27)23-12)9-14-5-6-17(8-15(14)10-20)24-18(26)22-11-13-3-2-4-16(21)7-13/h2-8H,1,9-11H2,(H2,22,24,26)(H2,23,25,27). The summed E-state index contributed by atoms with van der Waals surface area (Å²) < 4.78 is 0. The highest BCUT2D eigenvalue weighted by Crippen LogP contribution is 2.37. The molecule has 0 aromatic heterocycles. The Hall–Kier alpha value is -2.99. The minimum Gasteiger partial charge on any atom is -0.334 e. The molecule has 1 heterocycles. The van der Waals surface area contributed by atoms with Gasteiger partial charge in [-0.15, -0.1) is 0 Å². The second-order valence-electron chi connectivity index (χ2n) is 6.91. The summed E-state index contributed by atoms with van der Waals surface area (Å²) >= 11 is 5.95. The number of hydrogen-bond acceptors (Lipinski definition) is 2. The minimum absolute atomic E-state index is 0.216. The molecule has 1 aliphatic carbocycles. The lowest BCUT2D eigenvalue weighted by Crippen LogP contribution is -2.42. The molecule has 1 spiro atoms. The van der Waals surface area contributed by atoms with Gasteiger partial charge >= 0.3 is 12.1 Å². The fourth-order valence-corrected chi connectivity index (χ4v) is 3.85. The van der Waals surface area contributed by atoms with Gasteiger partial charge in [-0.05, 0) is 41.0 Å². The third-order valence-corrected chi connectivity index (χ3v) is 5.22. The number of anilines is 1. The average molecular weight is 383 g/mol. The van der Waals surface area contributed by atoms with Crippen molar-refractivity contribution in [2.24, 2.45) is 0 Å². The SMILES string of the molecule is C=C1NC(=O)NC12Cc1ccc(NC(=O)NCc3cccc(Cl)c3)cc1C2. The molecule has 1 fully saturated rings. The second kappa shape index (κ2) is 6.63. The van der Waals surface area contributed by atoms with Crippen LogP contribution in [0.25, 0.3) is 0 Å². The van der Waals surface area contributed by atoms with Crippen molar-refractivity contribution in [2.75, 3.05) is 5.32 Å². The molecule has 1 atom stereocenters. The van der Waals surface area contributed by atoms with Gasteiger partial charge in [-0.25, -0.2) is 9.59 Å². The van der Waals surface area contributed by atoms with Crippen molar-refractivity contribution in [2.45, 2.75) is 24.9 Å². The van der Waals surface area contributed by atoms with E-state index in [-0.39, 0.29) is 12.1 Å². The number of urea groups is 2. The van der Waals surface area contributed by atoms with Gasteiger partial charge in [0.05, 0.1) is 5.54 Å². The van der Waals surface area contributed by atoms with Crippen molar-refractivity contribution in [3.8, 4) is 0 Å². The van der Waals surface area contributed by atoms with Gasteiger partial charge in [-0.2, -0.15) is 0 Å². The van der Waals surface area contributed by atoms with Gasteiger partial charge in [0.1, 0.15) is 0 Å². The van der Waals surface area contributed by atoms with Crippen LogP contribution in [0.3, 0.4) is 0 Å². The molecule has 0 saturated carbocycles. The molecular formula is C20H19ClN4O2. The number of nitrogens with one attached hydrogen (secondary N) is 4. The van der Waals surface area contributed by atoms with Crippen LogP contribution in [0.2, 0.25) is 5.02 Å². The Labute approximate surface area is 162 Å². The van der Waals surface area contributed by atoms with E-state index in [0.29, 0.717) is 35.8 Å². The van der Waals surface area contributed by atoms with Crippen molar-refractivity contribution < 1.29 is 9.59 Å². The van der Waals surface area contributed by atoms with E-state index in [9.17, 15) is 9.59 Å². The molecule has 27 heavy (non-hydrogen) atoms. The second-order valence-corrected chi connectivity index (χ2v) is 7.35. The topological polar surface area (TPSA) is 82.3 Å². The van der Waals surface area contributed by atoms with Crippen LogP contribution in [0, 0.1) is 0 Å². The number of halogens is 1. The van der Waals surface area contributed by atoms with Crippen LogP contribution < -0.4 is 21.3 Å². The Morgan fingerprint density at radius 2 is 2.00 bits per heavy atom. The van der Waals surface area contributed by atoms with Crippen LogP contribution >= 0.6 is 11.6 Å². The fraction of sp³-hybridized carbons (Fsp3) is 0.200. The van der Waals surface area contributed by atoms with Crippen LogP contribution in [0.5, 0.6) is 0 Å². The molecule has 1 unspecified atom stereocenters. The molecule has 2 aliphatic rings. The van der Waals surface area contributed by atoms with Gasteiger partial charge in [0.25, 0.3) is 0 Å². The molecule has 7 heteroatoms. The summed E-state index contributed by atoms with van der Waals surface area (Å²) in [7, 11) is 0. The predicted molar refractivity (Wildman–Crippen MR) is 105 cm³/mol. The smallest absolute Gasteiger partial charge is 0.319 e. The first kappa shape index (κ1) is 17.4. The van der Waals surface area contributed by atoms with E-state index in [0.717, 1.165) is 16.7 Å². The number of fused-ring (bicyclic) bond motifs is 1.